The summed E-state index contributed by atoms with van der Waals surface area (Å²) in [7, 11) is 0. The lowest BCUT2D eigenvalue weighted by molar-refractivity contribution is 0.127. The van der Waals surface area contributed by atoms with Crippen LogP contribution in [0.5, 0.6) is 0 Å². The number of nitrogens with one attached hydrogen (secondary N) is 1. The minimum absolute atomic E-state index is 0.0785. The van der Waals surface area contributed by atoms with Gasteiger partial charge in [0.2, 0.25) is 0 Å². The highest BCUT2D eigenvalue weighted by Gasteiger charge is 2.28. The number of rotatable bonds is 4. The highest BCUT2D eigenvalue weighted by molar-refractivity contribution is 5.82. The highest BCUT2D eigenvalue weighted by Crippen LogP contribution is 2.21. The van der Waals surface area contributed by atoms with Crippen LogP contribution in [0.3, 0.4) is 0 Å². The van der Waals surface area contributed by atoms with E-state index in [0.29, 0.717) is 12.6 Å². The molecular weight excluding hydrogens is 324 g/mol. The maximum absolute atomic E-state index is 12.9. The molecular formula is C21H28N4O. The summed E-state index contributed by atoms with van der Waals surface area (Å²) in [4.78, 5) is 21.9. The molecule has 1 N–H and O–H groups in total. The van der Waals surface area contributed by atoms with Crippen LogP contribution in [0.15, 0.2) is 36.5 Å². The maximum Gasteiger partial charge on any atom is 0.317 e. The van der Waals surface area contributed by atoms with Crippen molar-refractivity contribution < 1.29 is 4.79 Å². The van der Waals surface area contributed by atoms with Crippen LogP contribution < -0.4 is 5.32 Å². The second kappa shape index (κ2) is 8.04. The number of hydrogen-bond donors (Lipinski definition) is 1. The van der Waals surface area contributed by atoms with E-state index < -0.39 is 0 Å². The summed E-state index contributed by atoms with van der Waals surface area (Å²) in [6.07, 6.45) is 7.89. The first-order chi connectivity index (χ1) is 12.8. The molecule has 2 fully saturated rings. The molecule has 0 radical (unpaired) electrons. The number of fused-ring (bicyclic) bond motifs is 1. The Kier molecular flexibility index (Phi) is 5.34. The predicted octanol–water partition coefficient (Wildman–Crippen LogP) is 3.39. The fraction of sp³-hybridized carbons (Fsp3) is 0.524. The number of likely N-dealkylation sites (tertiary alicyclic amines) is 2. The van der Waals surface area contributed by atoms with E-state index in [1.165, 1.54) is 32.4 Å². The van der Waals surface area contributed by atoms with E-state index in [1.807, 2.05) is 30.5 Å². The zero-order chi connectivity index (χ0) is 17.8. The summed E-state index contributed by atoms with van der Waals surface area (Å²) in [5.74, 6) is 0. The molecule has 0 aliphatic carbocycles. The number of benzene rings is 1. The normalized spacial score (nSPS) is 21.2. The molecule has 1 atom stereocenters. The lowest BCUT2D eigenvalue weighted by Gasteiger charge is -2.37. The van der Waals surface area contributed by atoms with Crippen LogP contribution in [-0.4, -0.2) is 53.0 Å². The van der Waals surface area contributed by atoms with Crippen molar-refractivity contribution in [2.45, 2.75) is 44.7 Å². The van der Waals surface area contributed by atoms with E-state index in [0.717, 1.165) is 42.4 Å². The van der Waals surface area contributed by atoms with Crippen molar-refractivity contribution >= 4 is 16.9 Å². The molecule has 0 spiro atoms. The van der Waals surface area contributed by atoms with Crippen molar-refractivity contribution in [1.82, 2.24) is 20.1 Å². The number of pyridine rings is 1. The number of para-hydroxylation sites is 1. The Morgan fingerprint density at radius 3 is 2.77 bits per heavy atom. The molecule has 1 aromatic heterocycles. The molecule has 2 aliphatic rings. The Labute approximate surface area is 155 Å². The highest BCUT2D eigenvalue weighted by atomic mass is 16.2. The monoisotopic (exact) mass is 352 g/mol. The lowest BCUT2D eigenvalue weighted by Crippen LogP contribution is -2.52. The minimum atomic E-state index is 0.0785. The molecule has 2 aromatic rings. The fourth-order valence-electron chi connectivity index (χ4n) is 4.30. The smallest absolute Gasteiger partial charge is 0.317 e. The summed E-state index contributed by atoms with van der Waals surface area (Å²) < 4.78 is 0. The molecule has 2 aliphatic heterocycles. The van der Waals surface area contributed by atoms with Crippen molar-refractivity contribution in [3.05, 3.63) is 42.1 Å². The van der Waals surface area contributed by atoms with Gasteiger partial charge in [0.15, 0.2) is 0 Å². The number of carbonyl (C=O) groups is 1. The van der Waals surface area contributed by atoms with Gasteiger partial charge in [-0.3, -0.25) is 4.98 Å². The summed E-state index contributed by atoms with van der Waals surface area (Å²) in [6, 6.07) is 10.5. The Hall–Kier alpha value is -2.14. The van der Waals surface area contributed by atoms with Gasteiger partial charge in [-0.05, 0) is 62.9 Å². The Morgan fingerprint density at radius 2 is 1.88 bits per heavy atom. The summed E-state index contributed by atoms with van der Waals surface area (Å²) in [5, 5.41) is 4.27. The molecule has 26 heavy (non-hydrogen) atoms. The lowest BCUT2D eigenvalue weighted by atomic mass is 10.0. The van der Waals surface area contributed by atoms with Gasteiger partial charge in [-0.1, -0.05) is 18.2 Å². The largest absolute Gasteiger partial charge is 0.334 e. The number of carbonyl (C=O) groups excluding carboxylic acids is 1. The molecule has 5 heteroatoms. The molecule has 2 saturated heterocycles. The van der Waals surface area contributed by atoms with Gasteiger partial charge in [0.05, 0.1) is 5.52 Å². The van der Waals surface area contributed by atoms with E-state index in [2.05, 4.69) is 26.2 Å². The van der Waals surface area contributed by atoms with E-state index >= 15 is 0 Å². The van der Waals surface area contributed by atoms with E-state index in [1.54, 1.807) is 0 Å². The van der Waals surface area contributed by atoms with Gasteiger partial charge in [0.1, 0.15) is 0 Å². The van der Waals surface area contributed by atoms with Crippen LogP contribution in [-0.2, 0) is 6.54 Å². The van der Waals surface area contributed by atoms with Gasteiger partial charge in [-0.25, -0.2) is 4.79 Å². The van der Waals surface area contributed by atoms with Gasteiger partial charge in [-0.2, -0.15) is 0 Å². The van der Waals surface area contributed by atoms with Crippen LogP contribution in [0.4, 0.5) is 4.79 Å². The van der Waals surface area contributed by atoms with Gasteiger partial charge in [-0.15, -0.1) is 0 Å². The van der Waals surface area contributed by atoms with E-state index in [9.17, 15) is 4.79 Å². The first-order valence-electron chi connectivity index (χ1n) is 9.91. The molecule has 4 rings (SSSR count). The fourth-order valence-corrected chi connectivity index (χ4v) is 4.30. The molecule has 2 amide bonds. The Morgan fingerprint density at radius 1 is 1.08 bits per heavy atom. The Balaban J connectivity index is 1.41. The zero-order valence-electron chi connectivity index (χ0n) is 15.4. The van der Waals surface area contributed by atoms with Crippen LogP contribution in [0.1, 0.15) is 37.7 Å². The summed E-state index contributed by atoms with van der Waals surface area (Å²) >= 11 is 0. The van der Waals surface area contributed by atoms with E-state index in [4.69, 9.17) is 0 Å². The molecule has 138 valence electrons. The van der Waals surface area contributed by atoms with Crippen molar-refractivity contribution in [3.8, 4) is 0 Å². The topological polar surface area (TPSA) is 48.5 Å². The standard InChI is InChI=1S/C21H28N4O/c26-21(23-15-17-10-11-22-20-9-2-1-8-19(17)20)25-14-4-3-7-18(25)16-24-12-5-6-13-24/h1-2,8-11,18H,3-7,12-16H2,(H,23,26)/t18-/m0/s1. The summed E-state index contributed by atoms with van der Waals surface area (Å²) in [6.45, 7) is 4.84. The quantitative estimate of drug-likeness (QED) is 0.917. The van der Waals surface area contributed by atoms with Crippen LogP contribution >= 0.6 is 0 Å². The van der Waals surface area contributed by atoms with Crippen molar-refractivity contribution in [1.29, 1.82) is 0 Å². The molecule has 0 saturated carbocycles. The zero-order valence-corrected chi connectivity index (χ0v) is 15.4. The number of amides is 2. The minimum Gasteiger partial charge on any atom is -0.334 e. The van der Waals surface area contributed by atoms with Gasteiger partial charge < -0.3 is 15.1 Å². The number of aromatic nitrogens is 1. The molecule has 0 bridgehead atoms. The maximum atomic E-state index is 12.9. The van der Waals surface area contributed by atoms with Crippen LogP contribution in [0.25, 0.3) is 10.9 Å². The third-order valence-electron chi connectivity index (χ3n) is 5.73. The number of hydrogen-bond acceptors (Lipinski definition) is 3. The van der Waals surface area contributed by atoms with Gasteiger partial charge in [0.25, 0.3) is 0 Å². The van der Waals surface area contributed by atoms with Crippen LogP contribution in [0, 0.1) is 0 Å². The third-order valence-corrected chi connectivity index (χ3v) is 5.73. The van der Waals surface area contributed by atoms with Gasteiger partial charge in [0, 0.05) is 37.3 Å². The molecule has 5 nitrogen and oxygen atoms in total. The molecule has 0 unspecified atom stereocenters. The summed E-state index contributed by atoms with van der Waals surface area (Å²) in [5.41, 5.74) is 2.10. The van der Waals surface area contributed by atoms with Crippen molar-refractivity contribution in [2.24, 2.45) is 0 Å². The van der Waals surface area contributed by atoms with Crippen molar-refractivity contribution in [3.63, 3.8) is 0 Å². The number of piperidine rings is 1. The average Bonchev–Trinajstić information content (AvgIpc) is 3.19. The first kappa shape index (κ1) is 17.3. The molecule has 3 heterocycles. The van der Waals surface area contributed by atoms with Gasteiger partial charge >= 0.3 is 6.03 Å². The SMILES string of the molecule is O=C(NCc1ccnc2ccccc12)N1CCCC[C@H]1CN1CCCC1. The first-order valence-corrected chi connectivity index (χ1v) is 9.91. The van der Waals surface area contributed by atoms with Crippen LogP contribution in [0.2, 0.25) is 0 Å². The second-order valence-corrected chi connectivity index (χ2v) is 7.50. The predicted molar refractivity (Wildman–Crippen MR) is 104 cm³/mol. The Bertz CT molecular complexity index is 751. The number of urea groups is 1. The average molecular weight is 352 g/mol. The van der Waals surface area contributed by atoms with Crippen molar-refractivity contribution in [2.75, 3.05) is 26.2 Å². The third kappa shape index (κ3) is 3.83. The second-order valence-electron chi connectivity index (χ2n) is 7.50. The number of nitrogens with zero attached hydrogens (tertiary/aromatic N) is 3. The molecule has 1 aromatic carbocycles. The van der Waals surface area contributed by atoms with E-state index in [-0.39, 0.29) is 6.03 Å².